The van der Waals surface area contributed by atoms with Gasteiger partial charge in [-0.3, -0.25) is 0 Å². The number of ether oxygens (including phenoxy) is 2. The predicted molar refractivity (Wildman–Crippen MR) is 86.8 cm³/mol. The van der Waals surface area contributed by atoms with Crippen molar-refractivity contribution in [3.8, 4) is 0 Å². The second-order valence-electron chi connectivity index (χ2n) is 6.06. The molecule has 0 saturated heterocycles. The van der Waals surface area contributed by atoms with Gasteiger partial charge in [0, 0.05) is 39.4 Å². The molecule has 1 aromatic heterocycles. The van der Waals surface area contributed by atoms with Crippen LogP contribution < -0.4 is 10.2 Å². The molecule has 0 saturated carbocycles. The number of pyridine rings is 1. The zero-order chi connectivity index (χ0) is 15.7. The Morgan fingerprint density at radius 3 is 2.24 bits per heavy atom. The molecule has 0 radical (unpaired) electrons. The van der Waals surface area contributed by atoms with Crippen LogP contribution in [0.3, 0.4) is 0 Å². The van der Waals surface area contributed by atoms with Crippen molar-refractivity contribution in [2.24, 2.45) is 0 Å². The Balaban J connectivity index is 2.73. The maximum atomic E-state index is 5.17. The first kappa shape index (κ1) is 17.9. The molecule has 0 spiro atoms. The van der Waals surface area contributed by atoms with Crippen LogP contribution in [-0.4, -0.2) is 51.0 Å². The summed E-state index contributed by atoms with van der Waals surface area (Å²) in [5.74, 6) is 0.970. The van der Waals surface area contributed by atoms with Crippen molar-refractivity contribution < 1.29 is 9.47 Å². The molecule has 1 N–H and O–H groups in total. The fourth-order valence-electron chi connectivity index (χ4n) is 1.84. The van der Waals surface area contributed by atoms with Gasteiger partial charge in [0.2, 0.25) is 0 Å². The first-order valence-corrected chi connectivity index (χ1v) is 7.40. The standard InChI is InChI=1S/C16H29N3O2/c1-16(2,3)17-13-14-7-6-8-15(18-14)19(9-11-20-4)10-12-21-5/h6-8,17H,9-13H2,1-5H3. The average Bonchev–Trinajstić information content (AvgIpc) is 2.45. The minimum absolute atomic E-state index is 0.0868. The molecule has 0 bridgehead atoms. The van der Waals surface area contributed by atoms with Gasteiger partial charge in [0.15, 0.2) is 0 Å². The van der Waals surface area contributed by atoms with E-state index < -0.39 is 0 Å². The molecule has 0 atom stereocenters. The summed E-state index contributed by atoms with van der Waals surface area (Å²) in [5.41, 5.74) is 1.13. The number of hydrogen-bond acceptors (Lipinski definition) is 5. The molecule has 1 rings (SSSR count). The molecule has 120 valence electrons. The van der Waals surface area contributed by atoms with E-state index in [0.717, 1.165) is 31.1 Å². The molecule has 0 amide bonds. The summed E-state index contributed by atoms with van der Waals surface area (Å²) in [6, 6.07) is 6.13. The van der Waals surface area contributed by atoms with Gasteiger partial charge in [-0.2, -0.15) is 0 Å². The van der Waals surface area contributed by atoms with Gasteiger partial charge < -0.3 is 19.7 Å². The smallest absolute Gasteiger partial charge is 0.129 e. The minimum atomic E-state index is 0.0868. The maximum Gasteiger partial charge on any atom is 0.129 e. The molecule has 0 aliphatic heterocycles. The van der Waals surface area contributed by atoms with Crippen LogP contribution in [0.5, 0.6) is 0 Å². The normalized spacial score (nSPS) is 11.7. The first-order valence-electron chi connectivity index (χ1n) is 7.40. The summed E-state index contributed by atoms with van der Waals surface area (Å²) in [4.78, 5) is 6.92. The van der Waals surface area contributed by atoms with E-state index >= 15 is 0 Å². The van der Waals surface area contributed by atoms with Crippen LogP contribution >= 0.6 is 0 Å². The molecule has 5 nitrogen and oxygen atoms in total. The highest BCUT2D eigenvalue weighted by molar-refractivity contribution is 5.39. The lowest BCUT2D eigenvalue weighted by Crippen LogP contribution is -2.35. The zero-order valence-corrected chi connectivity index (χ0v) is 14.0. The van der Waals surface area contributed by atoms with E-state index in [-0.39, 0.29) is 5.54 Å². The van der Waals surface area contributed by atoms with Crippen molar-refractivity contribution in [1.82, 2.24) is 10.3 Å². The van der Waals surface area contributed by atoms with Crippen LogP contribution in [-0.2, 0) is 16.0 Å². The summed E-state index contributed by atoms with van der Waals surface area (Å²) in [7, 11) is 3.43. The van der Waals surface area contributed by atoms with Crippen molar-refractivity contribution in [2.45, 2.75) is 32.9 Å². The molecule has 0 aromatic carbocycles. The van der Waals surface area contributed by atoms with E-state index in [1.807, 2.05) is 12.1 Å². The lowest BCUT2D eigenvalue weighted by molar-refractivity contribution is 0.190. The Labute approximate surface area is 128 Å². The topological polar surface area (TPSA) is 46.6 Å². The summed E-state index contributed by atoms with van der Waals surface area (Å²) in [6.45, 7) is 10.2. The van der Waals surface area contributed by atoms with Crippen LogP contribution in [0.25, 0.3) is 0 Å². The lowest BCUT2D eigenvalue weighted by Gasteiger charge is -2.24. The summed E-state index contributed by atoms with van der Waals surface area (Å²) < 4.78 is 10.3. The van der Waals surface area contributed by atoms with E-state index in [9.17, 15) is 0 Å². The van der Waals surface area contributed by atoms with Crippen molar-refractivity contribution in [3.63, 3.8) is 0 Å². The maximum absolute atomic E-state index is 5.17. The number of aromatic nitrogens is 1. The van der Waals surface area contributed by atoms with Gasteiger partial charge in [0.25, 0.3) is 0 Å². The largest absolute Gasteiger partial charge is 0.383 e. The van der Waals surface area contributed by atoms with Crippen LogP contribution in [0.2, 0.25) is 0 Å². The van der Waals surface area contributed by atoms with Crippen LogP contribution in [0, 0.1) is 0 Å². The van der Waals surface area contributed by atoms with Gasteiger partial charge in [-0.1, -0.05) is 6.07 Å². The molecule has 0 aliphatic rings. The molecule has 21 heavy (non-hydrogen) atoms. The number of hydrogen-bond donors (Lipinski definition) is 1. The van der Waals surface area contributed by atoms with Crippen molar-refractivity contribution in [2.75, 3.05) is 45.4 Å². The van der Waals surface area contributed by atoms with Gasteiger partial charge in [0.1, 0.15) is 5.82 Å². The summed E-state index contributed by atoms with van der Waals surface area (Å²) in [5, 5.41) is 3.46. The van der Waals surface area contributed by atoms with E-state index in [4.69, 9.17) is 14.5 Å². The van der Waals surface area contributed by atoms with E-state index in [1.165, 1.54) is 0 Å². The molecule has 5 heteroatoms. The van der Waals surface area contributed by atoms with E-state index in [2.05, 4.69) is 37.1 Å². The fourth-order valence-corrected chi connectivity index (χ4v) is 1.84. The molecule has 0 aliphatic carbocycles. The van der Waals surface area contributed by atoms with Crippen LogP contribution in [0.1, 0.15) is 26.5 Å². The highest BCUT2D eigenvalue weighted by atomic mass is 16.5. The van der Waals surface area contributed by atoms with Crippen molar-refractivity contribution in [3.05, 3.63) is 23.9 Å². The minimum Gasteiger partial charge on any atom is -0.383 e. The second-order valence-corrected chi connectivity index (χ2v) is 6.06. The Bertz CT molecular complexity index is 397. The molecule has 0 fully saturated rings. The lowest BCUT2D eigenvalue weighted by atomic mass is 10.1. The van der Waals surface area contributed by atoms with E-state index in [0.29, 0.717) is 13.2 Å². The van der Waals surface area contributed by atoms with Crippen molar-refractivity contribution >= 4 is 5.82 Å². The number of methoxy groups -OCH3 is 2. The zero-order valence-electron chi connectivity index (χ0n) is 14.0. The fraction of sp³-hybridized carbons (Fsp3) is 0.688. The van der Waals surface area contributed by atoms with Crippen molar-refractivity contribution in [1.29, 1.82) is 0 Å². The highest BCUT2D eigenvalue weighted by Crippen LogP contribution is 2.12. The predicted octanol–water partition coefficient (Wildman–Crippen LogP) is 2.07. The average molecular weight is 295 g/mol. The number of nitrogens with one attached hydrogen (secondary N) is 1. The summed E-state index contributed by atoms with van der Waals surface area (Å²) in [6.07, 6.45) is 0. The van der Waals surface area contributed by atoms with Crippen LogP contribution in [0.15, 0.2) is 18.2 Å². The molecule has 1 aromatic rings. The Morgan fingerprint density at radius 1 is 1.10 bits per heavy atom. The highest BCUT2D eigenvalue weighted by Gasteiger charge is 2.11. The number of nitrogens with zero attached hydrogens (tertiary/aromatic N) is 2. The van der Waals surface area contributed by atoms with Gasteiger partial charge >= 0.3 is 0 Å². The van der Waals surface area contributed by atoms with Crippen LogP contribution in [0.4, 0.5) is 5.82 Å². The SMILES string of the molecule is COCCN(CCOC)c1cccc(CNC(C)(C)C)n1. The third kappa shape index (κ3) is 7.41. The third-order valence-electron chi connectivity index (χ3n) is 3.05. The molecular weight excluding hydrogens is 266 g/mol. The van der Waals surface area contributed by atoms with Gasteiger partial charge in [-0.25, -0.2) is 4.98 Å². The first-order chi connectivity index (χ1) is 9.96. The molecule has 1 heterocycles. The Morgan fingerprint density at radius 2 is 1.71 bits per heavy atom. The van der Waals surface area contributed by atoms with Gasteiger partial charge in [0.05, 0.1) is 18.9 Å². The molecular formula is C16H29N3O2. The third-order valence-corrected chi connectivity index (χ3v) is 3.05. The number of anilines is 1. The van der Waals surface area contributed by atoms with Gasteiger partial charge in [-0.15, -0.1) is 0 Å². The Hall–Kier alpha value is -1.17. The van der Waals surface area contributed by atoms with E-state index in [1.54, 1.807) is 14.2 Å². The number of rotatable bonds is 9. The Kier molecular flexibility index (Phi) is 7.64. The second kappa shape index (κ2) is 8.97. The monoisotopic (exact) mass is 295 g/mol. The summed E-state index contributed by atoms with van der Waals surface area (Å²) >= 11 is 0. The van der Waals surface area contributed by atoms with Gasteiger partial charge in [-0.05, 0) is 32.9 Å². The molecule has 0 unspecified atom stereocenters. The quantitative estimate of drug-likeness (QED) is 0.755.